The molecule has 1 rings (SSSR count). The lowest BCUT2D eigenvalue weighted by atomic mass is 10.0. The predicted molar refractivity (Wildman–Crippen MR) is 46.7 cm³/mol. The minimum atomic E-state index is 0.228. The van der Waals surface area contributed by atoms with Gasteiger partial charge in [-0.15, -0.1) is 0 Å². The summed E-state index contributed by atoms with van der Waals surface area (Å²) in [6, 6.07) is 0. The molecule has 1 heterocycles. The van der Waals surface area contributed by atoms with Crippen LogP contribution < -0.4 is 0 Å². The molecule has 0 saturated carbocycles. The van der Waals surface area contributed by atoms with E-state index in [1.807, 2.05) is 0 Å². The average molecular weight is 157 g/mol. The molecule has 1 aliphatic rings. The van der Waals surface area contributed by atoms with E-state index in [4.69, 9.17) is 4.74 Å². The Kier molecular flexibility index (Phi) is 2.55. The highest BCUT2D eigenvalue weighted by molar-refractivity contribution is 4.84. The molecular formula is C9H19NO. The molecule has 0 aromatic heterocycles. The van der Waals surface area contributed by atoms with Gasteiger partial charge in [-0.3, -0.25) is 4.90 Å². The molecule has 1 saturated heterocycles. The second-order valence-corrected chi connectivity index (χ2v) is 4.03. The van der Waals surface area contributed by atoms with E-state index in [1.165, 1.54) is 0 Å². The summed E-state index contributed by atoms with van der Waals surface area (Å²) in [7, 11) is 2.17. The standard InChI is InChI=1S/C9H19NO/c1-5-8-6-10(4)9(2,3)7-11-8/h8H,5-7H2,1-4H3. The minimum Gasteiger partial charge on any atom is -0.375 e. The molecule has 0 spiro atoms. The Hall–Kier alpha value is -0.0800. The van der Waals surface area contributed by atoms with E-state index in [9.17, 15) is 0 Å². The van der Waals surface area contributed by atoms with Crippen molar-refractivity contribution in [2.24, 2.45) is 0 Å². The van der Waals surface area contributed by atoms with Gasteiger partial charge >= 0.3 is 0 Å². The van der Waals surface area contributed by atoms with Gasteiger partial charge in [-0.2, -0.15) is 0 Å². The number of hydrogen-bond donors (Lipinski definition) is 0. The highest BCUT2D eigenvalue weighted by atomic mass is 16.5. The minimum absolute atomic E-state index is 0.228. The SMILES string of the molecule is CCC1CN(C)C(C)(C)CO1. The van der Waals surface area contributed by atoms with Gasteiger partial charge in [0.1, 0.15) is 0 Å². The van der Waals surface area contributed by atoms with Gasteiger partial charge in [0.15, 0.2) is 0 Å². The molecule has 1 fully saturated rings. The van der Waals surface area contributed by atoms with Crippen LogP contribution in [0.2, 0.25) is 0 Å². The van der Waals surface area contributed by atoms with Crippen LogP contribution in [0.5, 0.6) is 0 Å². The van der Waals surface area contributed by atoms with Gasteiger partial charge in [0.25, 0.3) is 0 Å². The third-order valence-electron chi connectivity index (χ3n) is 2.64. The van der Waals surface area contributed by atoms with Crippen LogP contribution in [-0.4, -0.2) is 36.7 Å². The first kappa shape index (κ1) is 9.01. The molecule has 2 heteroatoms. The Morgan fingerprint density at radius 2 is 2.18 bits per heavy atom. The normalized spacial score (nSPS) is 32.2. The van der Waals surface area contributed by atoms with Crippen LogP contribution in [0.25, 0.3) is 0 Å². The van der Waals surface area contributed by atoms with Crippen molar-refractivity contribution in [3.05, 3.63) is 0 Å². The smallest absolute Gasteiger partial charge is 0.0700 e. The van der Waals surface area contributed by atoms with E-state index < -0.39 is 0 Å². The maximum absolute atomic E-state index is 5.67. The molecule has 0 amide bonds. The highest BCUT2D eigenvalue weighted by Gasteiger charge is 2.31. The van der Waals surface area contributed by atoms with Gasteiger partial charge in [0.05, 0.1) is 12.7 Å². The Morgan fingerprint density at radius 1 is 1.55 bits per heavy atom. The lowest BCUT2D eigenvalue weighted by Gasteiger charge is -2.43. The third-order valence-corrected chi connectivity index (χ3v) is 2.64. The van der Waals surface area contributed by atoms with Gasteiger partial charge in [0.2, 0.25) is 0 Å². The van der Waals surface area contributed by atoms with Crippen LogP contribution in [0.1, 0.15) is 27.2 Å². The number of hydrogen-bond acceptors (Lipinski definition) is 2. The van der Waals surface area contributed by atoms with E-state index in [2.05, 4.69) is 32.7 Å². The zero-order valence-corrected chi connectivity index (χ0v) is 8.05. The Bertz CT molecular complexity index is 134. The summed E-state index contributed by atoms with van der Waals surface area (Å²) in [5.74, 6) is 0. The quantitative estimate of drug-likeness (QED) is 0.572. The first-order valence-electron chi connectivity index (χ1n) is 4.39. The zero-order chi connectivity index (χ0) is 8.48. The Balaban J connectivity index is 2.48. The summed E-state index contributed by atoms with van der Waals surface area (Å²) in [5.41, 5.74) is 0.228. The van der Waals surface area contributed by atoms with Crippen molar-refractivity contribution in [2.75, 3.05) is 20.2 Å². The fraction of sp³-hybridized carbons (Fsp3) is 1.00. The average Bonchev–Trinajstić information content (AvgIpc) is 1.95. The van der Waals surface area contributed by atoms with Crippen LogP contribution in [0, 0.1) is 0 Å². The van der Waals surface area contributed by atoms with Gasteiger partial charge in [-0.1, -0.05) is 6.92 Å². The molecule has 1 aliphatic heterocycles. The van der Waals surface area contributed by atoms with E-state index in [0.717, 1.165) is 19.6 Å². The van der Waals surface area contributed by atoms with Crippen LogP contribution in [0.4, 0.5) is 0 Å². The van der Waals surface area contributed by atoms with Crippen LogP contribution in [-0.2, 0) is 4.74 Å². The van der Waals surface area contributed by atoms with Gasteiger partial charge in [-0.25, -0.2) is 0 Å². The van der Waals surface area contributed by atoms with Crippen molar-refractivity contribution in [1.82, 2.24) is 4.90 Å². The van der Waals surface area contributed by atoms with Crippen molar-refractivity contribution in [2.45, 2.75) is 38.8 Å². The third kappa shape index (κ3) is 1.94. The lowest BCUT2D eigenvalue weighted by molar-refractivity contribution is -0.0885. The summed E-state index contributed by atoms with van der Waals surface area (Å²) in [4.78, 5) is 2.38. The van der Waals surface area contributed by atoms with Crippen LogP contribution in [0.15, 0.2) is 0 Å². The Labute approximate surface area is 69.5 Å². The van der Waals surface area contributed by atoms with E-state index in [1.54, 1.807) is 0 Å². The molecule has 66 valence electrons. The van der Waals surface area contributed by atoms with E-state index in [-0.39, 0.29) is 5.54 Å². The molecule has 11 heavy (non-hydrogen) atoms. The Morgan fingerprint density at radius 3 is 2.64 bits per heavy atom. The summed E-state index contributed by atoms with van der Waals surface area (Å²) < 4.78 is 5.67. The van der Waals surface area contributed by atoms with E-state index >= 15 is 0 Å². The number of morpholine rings is 1. The topological polar surface area (TPSA) is 12.5 Å². The zero-order valence-electron chi connectivity index (χ0n) is 8.05. The molecule has 0 bridgehead atoms. The number of nitrogens with zero attached hydrogens (tertiary/aromatic N) is 1. The fourth-order valence-electron chi connectivity index (χ4n) is 1.28. The molecule has 0 N–H and O–H groups in total. The second kappa shape index (κ2) is 3.11. The number of ether oxygens (including phenoxy) is 1. The van der Waals surface area contributed by atoms with E-state index in [0.29, 0.717) is 6.10 Å². The first-order valence-corrected chi connectivity index (χ1v) is 4.39. The van der Waals surface area contributed by atoms with Crippen LogP contribution in [0.3, 0.4) is 0 Å². The van der Waals surface area contributed by atoms with Crippen molar-refractivity contribution in [3.63, 3.8) is 0 Å². The van der Waals surface area contributed by atoms with Gasteiger partial charge < -0.3 is 4.74 Å². The fourth-order valence-corrected chi connectivity index (χ4v) is 1.28. The number of likely N-dealkylation sites (N-methyl/N-ethyl adjacent to an activating group) is 1. The van der Waals surface area contributed by atoms with Gasteiger partial charge in [0, 0.05) is 12.1 Å². The van der Waals surface area contributed by atoms with Crippen molar-refractivity contribution < 1.29 is 4.74 Å². The maximum atomic E-state index is 5.67. The molecule has 0 aliphatic carbocycles. The molecule has 1 atom stereocenters. The molecule has 0 aromatic carbocycles. The van der Waals surface area contributed by atoms with Gasteiger partial charge in [-0.05, 0) is 27.3 Å². The summed E-state index contributed by atoms with van der Waals surface area (Å²) >= 11 is 0. The monoisotopic (exact) mass is 157 g/mol. The molecular weight excluding hydrogens is 138 g/mol. The summed E-state index contributed by atoms with van der Waals surface area (Å²) in [5, 5.41) is 0. The lowest BCUT2D eigenvalue weighted by Crippen LogP contribution is -2.53. The first-order chi connectivity index (χ1) is 5.06. The number of rotatable bonds is 1. The van der Waals surface area contributed by atoms with Crippen molar-refractivity contribution in [1.29, 1.82) is 0 Å². The molecule has 0 aromatic rings. The second-order valence-electron chi connectivity index (χ2n) is 4.03. The van der Waals surface area contributed by atoms with Crippen molar-refractivity contribution >= 4 is 0 Å². The largest absolute Gasteiger partial charge is 0.375 e. The van der Waals surface area contributed by atoms with Crippen LogP contribution >= 0.6 is 0 Å². The summed E-state index contributed by atoms with van der Waals surface area (Å²) in [6.07, 6.45) is 1.58. The van der Waals surface area contributed by atoms with Crippen molar-refractivity contribution in [3.8, 4) is 0 Å². The molecule has 0 radical (unpaired) electrons. The summed E-state index contributed by atoms with van der Waals surface area (Å²) in [6.45, 7) is 8.56. The molecule has 1 unspecified atom stereocenters. The highest BCUT2D eigenvalue weighted by Crippen LogP contribution is 2.20. The molecule has 2 nitrogen and oxygen atoms in total. The predicted octanol–water partition coefficient (Wildman–Crippen LogP) is 1.51. The maximum Gasteiger partial charge on any atom is 0.0700 e.